The maximum absolute atomic E-state index is 11.3. The van der Waals surface area contributed by atoms with Crippen LogP contribution in [0.1, 0.15) is 11.3 Å². The molecule has 2 aromatic carbocycles. The van der Waals surface area contributed by atoms with Crippen molar-refractivity contribution in [2.24, 2.45) is 0 Å². The number of hydrogen-bond donors (Lipinski definition) is 1. The summed E-state index contributed by atoms with van der Waals surface area (Å²) < 4.78 is 0. The summed E-state index contributed by atoms with van der Waals surface area (Å²) in [7, 11) is 3.99. The number of nitro benzene ring substituents is 1. The predicted octanol–water partition coefficient (Wildman–Crippen LogP) is 3.36. The van der Waals surface area contributed by atoms with Crippen molar-refractivity contribution < 1.29 is 10.0 Å². The Hall–Kier alpha value is -3.16. The lowest BCUT2D eigenvalue weighted by Crippen LogP contribution is -2.18. The minimum absolute atomic E-state index is 0.00663. The number of aromatic nitrogens is 2. The van der Waals surface area contributed by atoms with Gasteiger partial charge in [-0.1, -0.05) is 42.5 Å². The highest BCUT2D eigenvalue weighted by Gasteiger charge is 2.18. The number of benzene rings is 2. The number of hydrogen-bond acceptors (Lipinski definition) is 6. The third-order valence-electron chi connectivity index (χ3n) is 4.61. The highest BCUT2D eigenvalue weighted by atomic mass is 16.6. The number of aliphatic hydroxyl groups excluding tert-OH is 1. The van der Waals surface area contributed by atoms with Crippen molar-refractivity contribution >= 4 is 5.69 Å². The number of aliphatic hydroxyl groups is 1. The fourth-order valence-corrected chi connectivity index (χ4v) is 3.16. The molecule has 7 nitrogen and oxygen atoms in total. The lowest BCUT2D eigenvalue weighted by Gasteiger charge is -2.17. The summed E-state index contributed by atoms with van der Waals surface area (Å²) in [6.45, 7) is 0.739. The van der Waals surface area contributed by atoms with Crippen LogP contribution in [0.4, 0.5) is 5.69 Å². The van der Waals surface area contributed by atoms with Gasteiger partial charge in [-0.2, -0.15) is 0 Å². The minimum Gasteiger partial charge on any atom is -0.396 e. The Kier molecular flexibility index (Phi) is 6.64. The van der Waals surface area contributed by atoms with Gasteiger partial charge < -0.3 is 10.0 Å². The molecule has 0 spiro atoms. The predicted molar refractivity (Wildman–Crippen MR) is 113 cm³/mol. The van der Waals surface area contributed by atoms with Crippen LogP contribution in [0.25, 0.3) is 22.6 Å². The first-order valence-corrected chi connectivity index (χ1v) is 9.45. The molecule has 1 N–H and O–H groups in total. The van der Waals surface area contributed by atoms with Gasteiger partial charge in [-0.25, -0.2) is 9.97 Å². The first kappa shape index (κ1) is 20.6. The van der Waals surface area contributed by atoms with Crippen LogP contribution in [-0.4, -0.2) is 52.1 Å². The van der Waals surface area contributed by atoms with Crippen LogP contribution in [0, 0.1) is 10.1 Å². The Morgan fingerprint density at radius 1 is 1.00 bits per heavy atom. The number of likely N-dealkylation sites (N-methyl/N-ethyl adjacent to an activating group) is 1. The molecule has 0 unspecified atom stereocenters. The summed E-state index contributed by atoms with van der Waals surface area (Å²) in [4.78, 5) is 22.5. The van der Waals surface area contributed by atoms with E-state index in [1.54, 1.807) is 12.1 Å². The van der Waals surface area contributed by atoms with Crippen molar-refractivity contribution in [3.63, 3.8) is 0 Å². The van der Waals surface area contributed by atoms with Gasteiger partial charge in [-0.3, -0.25) is 10.1 Å². The Labute approximate surface area is 169 Å². The Morgan fingerprint density at radius 2 is 1.72 bits per heavy atom. The van der Waals surface area contributed by atoms with E-state index in [0.717, 1.165) is 23.4 Å². The van der Waals surface area contributed by atoms with Gasteiger partial charge in [0.15, 0.2) is 5.82 Å². The largest absolute Gasteiger partial charge is 0.396 e. The fraction of sp³-hybridized carbons (Fsp3) is 0.273. The highest BCUT2D eigenvalue weighted by Crippen LogP contribution is 2.30. The molecule has 150 valence electrons. The van der Waals surface area contributed by atoms with Gasteiger partial charge in [0.05, 0.1) is 10.6 Å². The minimum atomic E-state index is -0.415. The van der Waals surface area contributed by atoms with E-state index in [0.29, 0.717) is 29.9 Å². The highest BCUT2D eigenvalue weighted by molar-refractivity contribution is 5.69. The number of rotatable bonds is 8. The van der Waals surface area contributed by atoms with E-state index in [1.165, 1.54) is 12.1 Å². The molecular formula is C22H24N4O3. The maximum atomic E-state index is 11.3. The quantitative estimate of drug-likeness (QED) is 0.467. The molecule has 7 heteroatoms. The molecule has 0 aliphatic rings. The first-order chi connectivity index (χ1) is 14.0. The second kappa shape index (κ2) is 9.36. The molecule has 0 atom stereocenters. The van der Waals surface area contributed by atoms with Crippen LogP contribution in [0.15, 0.2) is 54.6 Å². The van der Waals surface area contributed by atoms with E-state index >= 15 is 0 Å². The topological polar surface area (TPSA) is 92.4 Å². The number of nitrogens with zero attached hydrogens (tertiary/aromatic N) is 4. The summed E-state index contributed by atoms with van der Waals surface area (Å²) >= 11 is 0. The Bertz CT molecular complexity index is 991. The molecule has 3 rings (SSSR count). The lowest BCUT2D eigenvalue weighted by atomic mass is 9.99. The van der Waals surface area contributed by atoms with Gasteiger partial charge in [0, 0.05) is 54.1 Å². The summed E-state index contributed by atoms with van der Waals surface area (Å²) in [6.07, 6.45) is 1.07. The average Bonchev–Trinajstić information content (AvgIpc) is 2.73. The van der Waals surface area contributed by atoms with Gasteiger partial charge >= 0.3 is 0 Å². The van der Waals surface area contributed by atoms with Crippen LogP contribution >= 0.6 is 0 Å². The van der Waals surface area contributed by atoms with E-state index in [-0.39, 0.29) is 12.3 Å². The zero-order valence-corrected chi connectivity index (χ0v) is 16.6. The fourth-order valence-electron chi connectivity index (χ4n) is 3.16. The van der Waals surface area contributed by atoms with E-state index in [4.69, 9.17) is 9.97 Å². The van der Waals surface area contributed by atoms with E-state index < -0.39 is 4.92 Å². The first-order valence-electron chi connectivity index (χ1n) is 9.45. The molecule has 0 aliphatic carbocycles. The molecule has 0 bridgehead atoms. The molecular weight excluding hydrogens is 368 g/mol. The maximum Gasteiger partial charge on any atom is 0.270 e. The number of nitro groups is 1. The van der Waals surface area contributed by atoms with Gasteiger partial charge in [-0.15, -0.1) is 0 Å². The van der Waals surface area contributed by atoms with E-state index in [1.807, 2.05) is 44.4 Å². The second-order valence-electron chi connectivity index (χ2n) is 7.02. The SMILES string of the molecule is CN(C)CCc1nc(-c2ccccc2)nc(-c2cccc([N+](=O)[O-])c2)c1CCO. The molecule has 1 heterocycles. The summed E-state index contributed by atoms with van der Waals surface area (Å²) in [5.74, 6) is 0.572. The van der Waals surface area contributed by atoms with Gasteiger partial charge in [0.2, 0.25) is 0 Å². The van der Waals surface area contributed by atoms with Crippen LogP contribution in [0.3, 0.4) is 0 Å². The molecule has 3 aromatic rings. The molecule has 1 aromatic heterocycles. The van der Waals surface area contributed by atoms with Gasteiger partial charge in [0.25, 0.3) is 5.69 Å². The van der Waals surface area contributed by atoms with Crippen molar-refractivity contribution in [1.82, 2.24) is 14.9 Å². The monoisotopic (exact) mass is 392 g/mol. The molecule has 0 radical (unpaired) electrons. The third-order valence-corrected chi connectivity index (χ3v) is 4.61. The van der Waals surface area contributed by atoms with Crippen molar-refractivity contribution in [3.05, 3.63) is 76.0 Å². The lowest BCUT2D eigenvalue weighted by molar-refractivity contribution is -0.384. The third kappa shape index (κ3) is 5.01. The second-order valence-corrected chi connectivity index (χ2v) is 7.02. The van der Waals surface area contributed by atoms with Crippen LogP contribution in [0.5, 0.6) is 0 Å². The van der Waals surface area contributed by atoms with Crippen molar-refractivity contribution in [1.29, 1.82) is 0 Å². The summed E-state index contributed by atoms with van der Waals surface area (Å²) in [5.41, 5.74) is 3.84. The van der Waals surface area contributed by atoms with Gasteiger partial charge in [-0.05, 0) is 20.5 Å². The Morgan fingerprint density at radius 3 is 2.38 bits per heavy atom. The standard InChI is InChI=1S/C22H24N4O3/c1-25(2)13-11-20-19(12-14-27)21(17-9-6-10-18(15-17)26(28)29)24-22(23-20)16-7-4-3-5-8-16/h3-10,15,27H,11-14H2,1-2H3. The molecule has 0 aliphatic heterocycles. The van der Waals surface area contributed by atoms with Crippen LogP contribution in [0.2, 0.25) is 0 Å². The van der Waals surface area contributed by atoms with E-state index in [2.05, 4.69) is 4.90 Å². The van der Waals surface area contributed by atoms with Crippen LogP contribution in [-0.2, 0) is 12.8 Å². The van der Waals surface area contributed by atoms with Crippen molar-refractivity contribution in [2.45, 2.75) is 12.8 Å². The Balaban J connectivity index is 2.21. The van der Waals surface area contributed by atoms with Crippen LogP contribution < -0.4 is 0 Å². The van der Waals surface area contributed by atoms with Crippen molar-refractivity contribution in [3.8, 4) is 22.6 Å². The smallest absolute Gasteiger partial charge is 0.270 e. The molecule has 0 fully saturated rings. The molecule has 0 saturated carbocycles. The zero-order chi connectivity index (χ0) is 20.8. The zero-order valence-electron chi connectivity index (χ0n) is 16.6. The van der Waals surface area contributed by atoms with Gasteiger partial charge in [0.1, 0.15) is 0 Å². The molecule has 0 saturated heterocycles. The molecule has 29 heavy (non-hydrogen) atoms. The average molecular weight is 392 g/mol. The van der Waals surface area contributed by atoms with E-state index in [9.17, 15) is 15.2 Å². The normalized spacial score (nSPS) is 11.0. The molecule has 0 amide bonds. The summed E-state index contributed by atoms with van der Waals surface area (Å²) in [5, 5.41) is 20.9. The summed E-state index contributed by atoms with van der Waals surface area (Å²) in [6, 6.07) is 16.1. The van der Waals surface area contributed by atoms with Crippen molar-refractivity contribution in [2.75, 3.05) is 27.2 Å². The number of non-ortho nitro benzene ring substituents is 1.